The van der Waals surface area contributed by atoms with Crippen molar-refractivity contribution < 1.29 is 9.72 Å². The Morgan fingerprint density at radius 2 is 1.80 bits per heavy atom. The molecule has 0 spiro atoms. The number of nitro groups is 1. The van der Waals surface area contributed by atoms with Gasteiger partial charge >= 0.3 is 0 Å². The molecule has 1 saturated carbocycles. The van der Waals surface area contributed by atoms with Gasteiger partial charge in [-0.25, -0.2) is 0 Å². The van der Waals surface area contributed by atoms with Crippen molar-refractivity contribution in [1.29, 1.82) is 0 Å². The quantitative estimate of drug-likeness (QED) is 0.617. The van der Waals surface area contributed by atoms with E-state index in [-0.39, 0.29) is 11.6 Å². The van der Waals surface area contributed by atoms with Gasteiger partial charge in [0.05, 0.1) is 10.3 Å². The number of nitrogens with zero attached hydrogens (tertiary/aromatic N) is 1. The van der Waals surface area contributed by atoms with Crippen LogP contribution in [0.1, 0.15) is 36.8 Å². The lowest BCUT2D eigenvalue weighted by Gasteiger charge is -2.28. The fraction of sp³-hybridized carbons (Fsp3) is 0.316. The van der Waals surface area contributed by atoms with Gasteiger partial charge in [-0.2, -0.15) is 0 Å². The number of aryl methyl sites for hydroxylation is 1. The van der Waals surface area contributed by atoms with Crippen LogP contribution >= 0.6 is 11.6 Å². The number of benzene rings is 2. The molecule has 0 unspecified atom stereocenters. The zero-order valence-corrected chi connectivity index (χ0v) is 14.7. The highest BCUT2D eigenvalue weighted by molar-refractivity contribution is 6.30. The number of non-ortho nitro benzene ring substituents is 1. The summed E-state index contributed by atoms with van der Waals surface area (Å²) in [6, 6.07) is 11.7. The molecule has 0 saturated heterocycles. The van der Waals surface area contributed by atoms with Gasteiger partial charge in [-0.1, -0.05) is 36.6 Å². The first kappa shape index (κ1) is 17.4. The van der Waals surface area contributed by atoms with E-state index in [1.165, 1.54) is 12.1 Å². The first-order valence-electron chi connectivity index (χ1n) is 8.25. The van der Waals surface area contributed by atoms with E-state index in [0.717, 1.165) is 42.5 Å². The lowest BCUT2D eigenvalue weighted by atomic mass is 9.78. The molecule has 0 aliphatic heterocycles. The van der Waals surface area contributed by atoms with Crippen LogP contribution in [0, 0.1) is 17.0 Å². The third kappa shape index (κ3) is 3.37. The van der Waals surface area contributed by atoms with E-state index < -0.39 is 10.3 Å². The lowest BCUT2D eigenvalue weighted by molar-refractivity contribution is -0.384. The molecule has 6 heteroatoms. The Morgan fingerprint density at radius 3 is 2.36 bits per heavy atom. The van der Waals surface area contributed by atoms with Crippen molar-refractivity contribution in [2.75, 3.05) is 5.32 Å². The minimum Gasteiger partial charge on any atom is -0.325 e. The van der Waals surface area contributed by atoms with Crippen molar-refractivity contribution in [1.82, 2.24) is 0 Å². The summed E-state index contributed by atoms with van der Waals surface area (Å²) in [5.41, 5.74) is 1.87. The van der Waals surface area contributed by atoms with Crippen molar-refractivity contribution in [2.45, 2.75) is 38.0 Å². The van der Waals surface area contributed by atoms with Crippen molar-refractivity contribution in [3.63, 3.8) is 0 Å². The molecule has 25 heavy (non-hydrogen) atoms. The Kier molecular flexibility index (Phi) is 4.77. The van der Waals surface area contributed by atoms with Gasteiger partial charge < -0.3 is 5.32 Å². The molecule has 2 aromatic carbocycles. The number of carbonyl (C=O) groups is 1. The molecule has 0 bridgehead atoms. The maximum atomic E-state index is 13.1. The van der Waals surface area contributed by atoms with E-state index >= 15 is 0 Å². The second-order valence-electron chi connectivity index (χ2n) is 6.51. The van der Waals surface area contributed by atoms with E-state index in [2.05, 4.69) is 5.32 Å². The molecule has 0 atom stereocenters. The van der Waals surface area contributed by atoms with Gasteiger partial charge in [0, 0.05) is 22.8 Å². The fourth-order valence-corrected chi connectivity index (χ4v) is 3.76. The molecule has 0 heterocycles. The highest BCUT2D eigenvalue weighted by Gasteiger charge is 2.43. The second-order valence-corrected chi connectivity index (χ2v) is 6.94. The molecular formula is C19H19ClN2O3. The molecule has 130 valence electrons. The van der Waals surface area contributed by atoms with Gasteiger partial charge in [0.15, 0.2) is 0 Å². The summed E-state index contributed by atoms with van der Waals surface area (Å²) < 4.78 is 0. The largest absolute Gasteiger partial charge is 0.325 e. The zero-order valence-electron chi connectivity index (χ0n) is 13.9. The molecule has 0 radical (unpaired) electrons. The van der Waals surface area contributed by atoms with Gasteiger partial charge in [-0.15, -0.1) is 0 Å². The highest BCUT2D eigenvalue weighted by Crippen LogP contribution is 2.42. The molecule has 1 aliphatic rings. The van der Waals surface area contributed by atoms with E-state index in [1.54, 1.807) is 24.3 Å². The lowest BCUT2D eigenvalue weighted by Crippen LogP contribution is -2.38. The summed E-state index contributed by atoms with van der Waals surface area (Å²) >= 11 is 5.98. The average molecular weight is 359 g/mol. The van der Waals surface area contributed by atoms with Crippen LogP contribution in [0.4, 0.5) is 11.4 Å². The number of hydrogen-bond donors (Lipinski definition) is 1. The van der Waals surface area contributed by atoms with Crippen LogP contribution in [0.25, 0.3) is 0 Å². The van der Waals surface area contributed by atoms with E-state index in [0.29, 0.717) is 5.02 Å². The van der Waals surface area contributed by atoms with Crippen LogP contribution in [0.2, 0.25) is 5.02 Å². The van der Waals surface area contributed by atoms with Gasteiger partial charge in [-0.05, 0) is 49.1 Å². The van der Waals surface area contributed by atoms with Gasteiger partial charge in [-0.3, -0.25) is 14.9 Å². The summed E-state index contributed by atoms with van der Waals surface area (Å²) in [6.45, 7) is 1.90. The maximum absolute atomic E-state index is 13.1. The van der Waals surface area contributed by atoms with Gasteiger partial charge in [0.1, 0.15) is 0 Å². The molecule has 1 N–H and O–H groups in total. The van der Waals surface area contributed by atoms with E-state index in [4.69, 9.17) is 11.6 Å². The van der Waals surface area contributed by atoms with Crippen LogP contribution < -0.4 is 5.32 Å². The minimum atomic E-state index is -0.638. The zero-order chi connectivity index (χ0) is 18.0. The maximum Gasteiger partial charge on any atom is 0.269 e. The summed E-state index contributed by atoms with van der Waals surface area (Å²) in [4.78, 5) is 23.6. The SMILES string of the molecule is Cc1cc(Cl)ccc1NC(=O)C1(c2ccc([N+](=O)[O-])cc2)CCCC1. The minimum absolute atomic E-state index is 0.0332. The summed E-state index contributed by atoms with van der Waals surface area (Å²) in [5.74, 6) is -0.0655. The number of rotatable bonds is 4. The smallest absolute Gasteiger partial charge is 0.269 e. The van der Waals surface area contributed by atoms with Crippen LogP contribution in [0.3, 0.4) is 0 Å². The van der Waals surface area contributed by atoms with Crippen LogP contribution in [-0.4, -0.2) is 10.8 Å². The topological polar surface area (TPSA) is 72.2 Å². The van der Waals surface area contributed by atoms with Crippen molar-refractivity contribution in [2.24, 2.45) is 0 Å². The monoisotopic (exact) mass is 358 g/mol. The number of anilines is 1. The van der Waals surface area contributed by atoms with E-state index in [9.17, 15) is 14.9 Å². The molecule has 1 amide bonds. The summed E-state index contributed by atoms with van der Waals surface area (Å²) in [5, 5.41) is 14.5. The summed E-state index contributed by atoms with van der Waals surface area (Å²) in [6.07, 6.45) is 3.40. The first-order chi connectivity index (χ1) is 11.9. The molecule has 5 nitrogen and oxygen atoms in total. The normalized spacial score (nSPS) is 15.8. The van der Waals surface area contributed by atoms with Gasteiger partial charge in [0.25, 0.3) is 5.69 Å². The number of halogens is 1. The van der Waals surface area contributed by atoms with Crippen molar-refractivity contribution >= 4 is 28.9 Å². The van der Waals surface area contributed by atoms with Crippen molar-refractivity contribution in [3.8, 4) is 0 Å². The predicted molar refractivity (Wildman–Crippen MR) is 98.1 cm³/mol. The first-order valence-corrected chi connectivity index (χ1v) is 8.63. The molecule has 1 aliphatic carbocycles. The Hall–Kier alpha value is -2.40. The standard InChI is InChI=1S/C19H19ClN2O3/c1-13-12-15(20)6-9-17(13)21-18(23)19(10-2-3-11-19)14-4-7-16(8-5-14)22(24)25/h4-9,12H,2-3,10-11H2,1H3,(H,21,23). The Bertz CT molecular complexity index is 812. The predicted octanol–water partition coefficient (Wildman–Crippen LogP) is 5.01. The number of amides is 1. The number of hydrogen-bond acceptors (Lipinski definition) is 3. The third-order valence-corrected chi connectivity index (χ3v) is 5.19. The summed E-state index contributed by atoms with van der Waals surface area (Å²) in [7, 11) is 0. The highest BCUT2D eigenvalue weighted by atomic mass is 35.5. The van der Waals surface area contributed by atoms with Crippen LogP contribution in [0.15, 0.2) is 42.5 Å². The molecular weight excluding hydrogens is 340 g/mol. The van der Waals surface area contributed by atoms with Gasteiger partial charge in [0.2, 0.25) is 5.91 Å². The molecule has 2 aromatic rings. The van der Waals surface area contributed by atoms with Crippen molar-refractivity contribution in [3.05, 3.63) is 68.7 Å². The van der Waals surface area contributed by atoms with Crippen LogP contribution in [-0.2, 0) is 10.2 Å². The average Bonchev–Trinajstić information content (AvgIpc) is 3.08. The second kappa shape index (κ2) is 6.84. The Labute approximate surface area is 151 Å². The number of carbonyl (C=O) groups excluding carboxylic acids is 1. The van der Waals surface area contributed by atoms with E-state index in [1.807, 2.05) is 13.0 Å². The van der Waals surface area contributed by atoms with Crippen LogP contribution in [0.5, 0.6) is 0 Å². The molecule has 1 fully saturated rings. The Morgan fingerprint density at radius 1 is 1.16 bits per heavy atom. The molecule has 0 aromatic heterocycles. The fourth-order valence-electron chi connectivity index (χ4n) is 3.54. The Balaban J connectivity index is 1.91. The number of nitrogens with one attached hydrogen (secondary N) is 1. The molecule has 3 rings (SSSR count). The number of nitro benzene ring substituents is 1. The third-order valence-electron chi connectivity index (χ3n) is 4.96.